The molecule has 208 valence electrons. The van der Waals surface area contributed by atoms with Gasteiger partial charge in [-0.05, 0) is 24.6 Å². The van der Waals surface area contributed by atoms with Crippen molar-refractivity contribution >= 4 is 40.0 Å². The second kappa shape index (κ2) is 13.5. The fraction of sp³-hybridized carbons (Fsp3) is 0.417. The fourth-order valence-corrected chi connectivity index (χ4v) is 4.38. The van der Waals surface area contributed by atoms with E-state index in [4.69, 9.17) is 23.7 Å². The molecule has 0 saturated carbocycles. The van der Waals surface area contributed by atoms with Gasteiger partial charge in [0.05, 0.1) is 51.7 Å². The van der Waals surface area contributed by atoms with Gasteiger partial charge in [0, 0.05) is 19.5 Å². The van der Waals surface area contributed by atoms with Crippen molar-refractivity contribution in [1.82, 2.24) is 19.9 Å². The third kappa shape index (κ3) is 7.20. The van der Waals surface area contributed by atoms with Crippen LogP contribution in [0, 0.1) is 0 Å². The molecule has 39 heavy (non-hydrogen) atoms. The lowest BCUT2D eigenvalue weighted by Gasteiger charge is -2.26. The van der Waals surface area contributed by atoms with Crippen molar-refractivity contribution in [2.75, 3.05) is 64.0 Å². The molecule has 1 aliphatic rings. The van der Waals surface area contributed by atoms with Gasteiger partial charge in [0.15, 0.2) is 16.6 Å². The standard InChI is InChI=1S/C24H29N7O7S/c1-4-37-20(32)19(30-33)18-14-25-24(39-18)28-21-26-22(31-8-11-36-12-9-31)29-23(27-21)38-10-7-15-5-6-16(34-2)17(13-15)35-3/h5-6,13-14,33H,4,7-12H2,1-3H3,(H,25,26,27,28,29)/b30-19-. The van der Waals surface area contributed by atoms with Crippen LogP contribution in [0.1, 0.15) is 17.4 Å². The monoisotopic (exact) mass is 559 g/mol. The van der Waals surface area contributed by atoms with E-state index in [1.807, 2.05) is 23.1 Å². The largest absolute Gasteiger partial charge is 0.493 e. The first-order valence-electron chi connectivity index (χ1n) is 12.1. The van der Waals surface area contributed by atoms with Crippen molar-refractivity contribution in [1.29, 1.82) is 0 Å². The van der Waals surface area contributed by atoms with Crippen LogP contribution in [0.25, 0.3) is 0 Å². The molecule has 0 atom stereocenters. The number of aromatic nitrogens is 4. The van der Waals surface area contributed by atoms with Crippen LogP contribution in [-0.4, -0.2) is 90.6 Å². The van der Waals surface area contributed by atoms with Crippen LogP contribution in [0.2, 0.25) is 0 Å². The van der Waals surface area contributed by atoms with Gasteiger partial charge in [-0.15, -0.1) is 0 Å². The lowest BCUT2D eigenvalue weighted by molar-refractivity contribution is -0.135. The number of esters is 1. The summed E-state index contributed by atoms with van der Waals surface area (Å²) in [6.07, 6.45) is 1.97. The fourth-order valence-electron chi connectivity index (χ4n) is 3.59. The van der Waals surface area contributed by atoms with Crippen molar-refractivity contribution in [2.45, 2.75) is 13.3 Å². The van der Waals surface area contributed by atoms with Gasteiger partial charge in [0.1, 0.15) is 0 Å². The lowest BCUT2D eigenvalue weighted by Crippen LogP contribution is -2.37. The highest BCUT2D eigenvalue weighted by atomic mass is 32.1. The summed E-state index contributed by atoms with van der Waals surface area (Å²) in [5.41, 5.74) is 0.748. The molecule has 1 aliphatic heterocycles. The molecule has 0 unspecified atom stereocenters. The summed E-state index contributed by atoms with van der Waals surface area (Å²) < 4.78 is 26.9. The van der Waals surface area contributed by atoms with E-state index in [2.05, 4.69) is 30.4 Å². The maximum Gasteiger partial charge on any atom is 0.361 e. The topological polar surface area (TPSA) is 163 Å². The predicted molar refractivity (Wildman–Crippen MR) is 142 cm³/mol. The normalized spacial score (nSPS) is 13.6. The molecule has 0 spiro atoms. The van der Waals surface area contributed by atoms with Crippen LogP contribution in [-0.2, 0) is 20.7 Å². The molecule has 15 heteroatoms. The first-order chi connectivity index (χ1) is 19.0. The number of ether oxygens (including phenoxy) is 5. The number of rotatable bonds is 12. The van der Waals surface area contributed by atoms with Crippen LogP contribution >= 0.6 is 11.3 Å². The molecule has 1 aromatic carbocycles. The Balaban J connectivity index is 1.50. The Morgan fingerprint density at radius 1 is 1.18 bits per heavy atom. The Labute approximate surface area is 228 Å². The van der Waals surface area contributed by atoms with Crippen molar-refractivity contribution in [3.05, 3.63) is 34.8 Å². The average Bonchev–Trinajstić information content (AvgIpc) is 3.41. The third-order valence-corrected chi connectivity index (χ3v) is 6.41. The number of methoxy groups -OCH3 is 2. The molecule has 3 heterocycles. The quantitative estimate of drug-likeness (QED) is 0.144. The van der Waals surface area contributed by atoms with Crippen molar-refractivity contribution < 1.29 is 33.7 Å². The van der Waals surface area contributed by atoms with Crippen molar-refractivity contribution in [3.8, 4) is 17.5 Å². The number of anilines is 3. The van der Waals surface area contributed by atoms with E-state index in [9.17, 15) is 10.0 Å². The van der Waals surface area contributed by atoms with E-state index < -0.39 is 5.97 Å². The summed E-state index contributed by atoms with van der Waals surface area (Å²) in [5, 5.41) is 15.7. The van der Waals surface area contributed by atoms with Gasteiger partial charge in [-0.2, -0.15) is 15.0 Å². The summed E-state index contributed by atoms with van der Waals surface area (Å²) in [6.45, 7) is 4.45. The Morgan fingerprint density at radius 3 is 2.69 bits per heavy atom. The van der Waals surface area contributed by atoms with Crippen LogP contribution in [0.5, 0.6) is 17.5 Å². The number of oxime groups is 1. The van der Waals surface area contributed by atoms with Gasteiger partial charge >= 0.3 is 12.0 Å². The van der Waals surface area contributed by atoms with E-state index >= 15 is 0 Å². The number of hydrogen-bond acceptors (Lipinski definition) is 15. The van der Waals surface area contributed by atoms with Crippen LogP contribution in [0.15, 0.2) is 29.6 Å². The maximum absolute atomic E-state index is 12.0. The minimum Gasteiger partial charge on any atom is -0.493 e. The molecule has 14 nitrogen and oxygen atoms in total. The Morgan fingerprint density at radius 2 is 1.97 bits per heavy atom. The first kappa shape index (κ1) is 27.8. The molecule has 0 amide bonds. The maximum atomic E-state index is 12.0. The number of thiazole rings is 1. The molecular weight excluding hydrogens is 530 g/mol. The molecule has 0 aliphatic carbocycles. The zero-order valence-electron chi connectivity index (χ0n) is 21.7. The third-order valence-electron chi connectivity index (χ3n) is 5.49. The molecule has 1 saturated heterocycles. The van der Waals surface area contributed by atoms with Gasteiger partial charge < -0.3 is 33.8 Å². The molecule has 4 rings (SSSR count). The molecule has 2 N–H and O–H groups in total. The number of morpholine rings is 1. The summed E-state index contributed by atoms with van der Waals surface area (Å²) in [6, 6.07) is 5.80. The zero-order chi connectivity index (χ0) is 27.6. The molecular formula is C24H29N7O7S. The van der Waals surface area contributed by atoms with Gasteiger partial charge in [-0.3, -0.25) is 5.32 Å². The molecule has 0 radical (unpaired) electrons. The number of nitrogens with one attached hydrogen (secondary N) is 1. The number of carbonyl (C=O) groups is 1. The van der Waals surface area contributed by atoms with Crippen LogP contribution in [0.4, 0.5) is 17.0 Å². The molecule has 2 aromatic heterocycles. The summed E-state index contributed by atoms with van der Waals surface area (Å²) in [4.78, 5) is 32.0. The van der Waals surface area contributed by atoms with Crippen LogP contribution in [0.3, 0.4) is 0 Å². The smallest absolute Gasteiger partial charge is 0.361 e. The minimum absolute atomic E-state index is 0.135. The second-order valence-corrected chi connectivity index (χ2v) is 8.98. The van der Waals surface area contributed by atoms with Gasteiger partial charge in [0.25, 0.3) is 0 Å². The molecule has 0 bridgehead atoms. The van der Waals surface area contributed by atoms with Gasteiger partial charge in [-0.25, -0.2) is 9.78 Å². The highest BCUT2D eigenvalue weighted by Crippen LogP contribution is 2.28. The Bertz CT molecular complexity index is 1300. The molecule has 1 fully saturated rings. The SMILES string of the molecule is CCOC(=O)/C(=N\O)c1cnc(Nc2nc(OCCc3ccc(OC)c(OC)c3)nc(N3CCOCC3)n2)s1. The van der Waals surface area contributed by atoms with Crippen molar-refractivity contribution in [2.24, 2.45) is 5.16 Å². The van der Waals surface area contributed by atoms with E-state index in [0.717, 1.165) is 16.9 Å². The summed E-state index contributed by atoms with van der Waals surface area (Å²) >= 11 is 1.07. The van der Waals surface area contributed by atoms with Gasteiger partial charge in [-0.1, -0.05) is 22.6 Å². The van der Waals surface area contributed by atoms with Gasteiger partial charge in [0.2, 0.25) is 17.6 Å². The predicted octanol–water partition coefficient (Wildman–Crippen LogP) is 2.29. The highest BCUT2D eigenvalue weighted by Gasteiger charge is 2.21. The van der Waals surface area contributed by atoms with Crippen LogP contribution < -0.4 is 24.4 Å². The van der Waals surface area contributed by atoms with E-state index in [0.29, 0.717) is 66.8 Å². The average molecular weight is 560 g/mol. The number of hydrogen-bond donors (Lipinski definition) is 2. The Kier molecular flexibility index (Phi) is 9.64. The highest BCUT2D eigenvalue weighted by molar-refractivity contribution is 7.18. The second-order valence-electron chi connectivity index (χ2n) is 7.95. The number of nitrogens with zero attached hydrogens (tertiary/aromatic N) is 6. The van der Waals surface area contributed by atoms with Crippen molar-refractivity contribution in [3.63, 3.8) is 0 Å². The van der Waals surface area contributed by atoms with E-state index in [-0.39, 0.29) is 24.3 Å². The Hall–Kier alpha value is -4.24. The van der Waals surface area contributed by atoms with E-state index in [1.165, 1.54) is 6.20 Å². The lowest BCUT2D eigenvalue weighted by atomic mass is 10.1. The zero-order valence-corrected chi connectivity index (χ0v) is 22.6. The number of benzene rings is 1. The first-order valence-corrected chi connectivity index (χ1v) is 12.9. The minimum atomic E-state index is -0.755. The van der Waals surface area contributed by atoms with E-state index in [1.54, 1.807) is 21.1 Å². The summed E-state index contributed by atoms with van der Waals surface area (Å²) in [7, 11) is 3.18. The summed E-state index contributed by atoms with van der Waals surface area (Å²) in [5.74, 6) is 1.16. The number of carbonyl (C=O) groups excluding carboxylic acids is 1. The molecule has 3 aromatic rings.